The number of nitrogens with one attached hydrogen (secondary N) is 2. The van der Waals surface area contributed by atoms with Crippen molar-refractivity contribution >= 4 is 35.1 Å². The van der Waals surface area contributed by atoms with Crippen LogP contribution in [0.25, 0.3) is 0 Å². The van der Waals surface area contributed by atoms with E-state index in [-0.39, 0.29) is 11.7 Å². The van der Waals surface area contributed by atoms with E-state index < -0.39 is 24.6 Å². The van der Waals surface area contributed by atoms with Crippen molar-refractivity contribution in [2.24, 2.45) is 0 Å². The van der Waals surface area contributed by atoms with E-state index in [1.165, 1.54) is 0 Å². The van der Waals surface area contributed by atoms with Gasteiger partial charge in [-0.3, -0.25) is 4.79 Å². The fourth-order valence-electron chi connectivity index (χ4n) is 2.95. The maximum absolute atomic E-state index is 12.2. The highest BCUT2D eigenvalue weighted by Crippen LogP contribution is 2.26. The van der Waals surface area contributed by atoms with Gasteiger partial charge < -0.3 is 20.1 Å². The van der Waals surface area contributed by atoms with Crippen LogP contribution in [0.15, 0.2) is 18.2 Å². The van der Waals surface area contributed by atoms with Gasteiger partial charge >= 0.3 is 5.97 Å². The molecule has 0 aliphatic carbocycles. The van der Waals surface area contributed by atoms with Gasteiger partial charge in [0.15, 0.2) is 6.61 Å². The molecule has 0 unspecified atom stereocenters. The van der Waals surface area contributed by atoms with Gasteiger partial charge in [0.05, 0.1) is 22.2 Å². The molecule has 1 heterocycles. The van der Waals surface area contributed by atoms with Crippen LogP contribution in [-0.2, 0) is 9.53 Å². The largest absolute Gasteiger partial charge is 0.451 e. The number of carbonyl (C=O) groups excluding carboxylic acids is 2. The second-order valence-corrected chi connectivity index (χ2v) is 7.19. The SMILES string of the molecule is Cc1[nH]c(C(=O)OCC(=O)N[C@@H](C)c2ccc(Cl)c(Cl)c2)c(C)c1[C@H](C)O. The van der Waals surface area contributed by atoms with E-state index in [4.69, 9.17) is 27.9 Å². The Hall–Kier alpha value is -2.02. The van der Waals surface area contributed by atoms with E-state index in [9.17, 15) is 14.7 Å². The van der Waals surface area contributed by atoms with Crippen LogP contribution in [-0.4, -0.2) is 28.6 Å². The van der Waals surface area contributed by atoms with Crippen LogP contribution in [0, 0.1) is 13.8 Å². The number of aromatic nitrogens is 1. The van der Waals surface area contributed by atoms with Crippen molar-refractivity contribution in [3.63, 3.8) is 0 Å². The highest BCUT2D eigenvalue weighted by atomic mass is 35.5. The summed E-state index contributed by atoms with van der Waals surface area (Å²) in [5.41, 5.74) is 2.96. The number of rotatable bonds is 6. The van der Waals surface area contributed by atoms with Crippen LogP contribution in [0.1, 0.15) is 58.9 Å². The van der Waals surface area contributed by atoms with E-state index in [1.54, 1.807) is 45.9 Å². The molecular weight excluding hydrogens is 391 g/mol. The fourth-order valence-corrected chi connectivity index (χ4v) is 3.25. The maximum Gasteiger partial charge on any atom is 0.355 e. The van der Waals surface area contributed by atoms with Gasteiger partial charge in [0.2, 0.25) is 0 Å². The molecule has 1 aromatic carbocycles. The minimum absolute atomic E-state index is 0.230. The standard InChI is InChI=1S/C19H22Cl2N2O4/c1-9-17(12(4)24)11(3)23-18(9)19(26)27-8-16(25)22-10(2)13-5-6-14(20)15(21)7-13/h5-7,10,12,23-24H,8H2,1-4H3,(H,22,25)/t10-,12-/m0/s1. The summed E-state index contributed by atoms with van der Waals surface area (Å²) in [5.74, 6) is -1.10. The Balaban J connectivity index is 1.96. The number of esters is 1. The maximum atomic E-state index is 12.2. The Morgan fingerprint density at radius 2 is 1.89 bits per heavy atom. The number of hydrogen-bond donors (Lipinski definition) is 3. The molecule has 0 aliphatic rings. The summed E-state index contributed by atoms with van der Waals surface area (Å²) in [6, 6.07) is 4.75. The van der Waals surface area contributed by atoms with Crippen molar-refractivity contribution in [1.82, 2.24) is 10.3 Å². The first-order valence-electron chi connectivity index (χ1n) is 8.40. The van der Waals surface area contributed by atoms with Gasteiger partial charge in [-0.15, -0.1) is 0 Å². The lowest BCUT2D eigenvalue weighted by Gasteiger charge is -2.15. The third kappa shape index (κ3) is 5.03. The summed E-state index contributed by atoms with van der Waals surface area (Å²) in [5, 5.41) is 13.3. The second-order valence-electron chi connectivity index (χ2n) is 6.38. The summed E-state index contributed by atoms with van der Waals surface area (Å²) in [4.78, 5) is 27.2. The molecule has 0 bridgehead atoms. The van der Waals surface area contributed by atoms with Crippen LogP contribution in [0.4, 0.5) is 0 Å². The zero-order valence-corrected chi connectivity index (χ0v) is 17.0. The molecule has 2 aromatic rings. The third-order valence-electron chi connectivity index (χ3n) is 4.27. The monoisotopic (exact) mass is 412 g/mol. The number of halogens is 2. The molecule has 1 amide bonds. The quantitative estimate of drug-likeness (QED) is 0.624. The molecule has 6 nitrogen and oxygen atoms in total. The van der Waals surface area contributed by atoms with E-state index in [0.29, 0.717) is 26.9 Å². The van der Waals surface area contributed by atoms with Crippen molar-refractivity contribution in [3.8, 4) is 0 Å². The van der Waals surface area contributed by atoms with Gasteiger partial charge in [0.1, 0.15) is 5.69 Å². The third-order valence-corrected chi connectivity index (χ3v) is 5.01. The van der Waals surface area contributed by atoms with Gasteiger partial charge in [0, 0.05) is 11.3 Å². The molecule has 0 aliphatic heterocycles. The van der Waals surface area contributed by atoms with Gasteiger partial charge in [-0.2, -0.15) is 0 Å². The van der Waals surface area contributed by atoms with E-state index in [0.717, 1.165) is 5.56 Å². The smallest absolute Gasteiger partial charge is 0.355 e. The van der Waals surface area contributed by atoms with Gasteiger partial charge in [0.25, 0.3) is 5.91 Å². The number of hydrogen-bond acceptors (Lipinski definition) is 4. The zero-order valence-electron chi connectivity index (χ0n) is 15.5. The summed E-state index contributed by atoms with van der Waals surface area (Å²) in [6.45, 7) is 6.46. The zero-order chi connectivity index (χ0) is 20.3. The van der Waals surface area contributed by atoms with Crippen molar-refractivity contribution < 1.29 is 19.4 Å². The molecule has 27 heavy (non-hydrogen) atoms. The molecule has 1 aromatic heterocycles. The molecule has 2 atom stereocenters. The molecular formula is C19H22Cl2N2O4. The minimum atomic E-state index is -0.710. The molecule has 2 rings (SSSR count). The number of aliphatic hydroxyl groups is 1. The Bertz CT molecular complexity index is 862. The molecule has 0 fully saturated rings. The summed E-state index contributed by atoms with van der Waals surface area (Å²) >= 11 is 11.9. The van der Waals surface area contributed by atoms with Crippen LogP contribution < -0.4 is 5.32 Å². The minimum Gasteiger partial charge on any atom is -0.451 e. The van der Waals surface area contributed by atoms with Crippen LogP contribution in [0.3, 0.4) is 0 Å². The fraction of sp³-hybridized carbons (Fsp3) is 0.368. The number of amides is 1. The van der Waals surface area contributed by atoms with Crippen molar-refractivity contribution in [3.05, 3.63) is 56.3 Å². The van der Waals surface area contributed by atoms with E-state index in [1.807, 2.05) is 0 Å². The highest BCUT2D eigenvalue weighted by molar-refractivity contribution is 6.42. The number of benzene rings is 1. The number of aliphatic hydroxyl groups excluding tert-OH is 1. The summed E-state index contributed by atoms with van der Waals surface area (Å²) in [6.07, 6.45) is -0.710. The van der Waals surface area contributed by atoms with Crippen molar-refractivity contribution in [1.29, 1.82) is 0 Å². The Morgan fingerprint density at radius 1 is 1.22 bits per heavy atom. The van der Waals surface area contributed by atoms with E-state index in [2.05, 4.69) is 10.3 Å². The van der Waals surface area contributed by atoms with Crippen LogP contribution in [0.2, 0.25) is 10.0 Å². The molecule has 146 valence electrons. The molecule has 0 radical (unpaired) electrons. The predicted octanol–water partition coefficient (Wildman–Crippen LogP) is 4.03. The number of ether oxygens (including phenoxy) is 1. The lowest BCUT2D eigenvalue weighted by atomic mass is 10.1. The Morgan fingerprint density at radius 3 is 2.44 bits per heavy atom. The van der Waals surface area contributed by atoms with Crippen molar-refractivity contribution in [2.75, 3.05) is 6.61 Å². The summed E-state index contributed by atoms with van der Waals surface area (Å²) in [7, 11) is 0. The highest BCUT2D eigenvalue weighted by Gasteiger charge is 2.22. The van der Waals surface area contributed by atoms with E-state index >= 15 is 0 Å². The lowest BCUT2D eigenvalue weighted by molar-refractivity contribution is -0.124. The van der Waals surface area contributed by atoms with Crippen LogP contribution in [0.5, 0.6) is 0 Å². The molecule has 8 heteroatoms. The average Bonchev–Trinajstić information content (AvgIpc) is 2.89. The topological polar surface area (TPSA) is 91.4 Å². The first kappa shape index (κ1) is 21.3. The van der Waals surface area contributed by atoms with Gasteiger partial charge in [-0.1, -0.05) is 29.3 Å². The molecule has 0 spiro atoms. The van der Waals surface area contributed by atoms with Crippen molar-refractivity contribution in [2.45, 2.75) is 39.8 Å². The number of aryl methyl sites for hydroxylation is 1. The normalized spacial score (nSPS) is 13.1. The first-order valence-corrected chi connectivity index (χ1v) is 9.16. The molecule has 0 saturated heterocycles. The lowest BCUT2D eigenvalue weighted by Crippen LogP contribution is -2.31. The number of aromatic amines is 1. The average molecular weight is 413 g/mol. The molecule has 3 N–H and O–H groups in total. The van der Waals surface area contributed by atoms with Gasteiger partial charge in [-0.05, 0) is 51.0 Å². The number of carbonyl (C=O) groups is 2. The second kappa shape index (κ2) is 8.78. The first-order chi connectivity index (χ1) is 12.6. The molecule has 0 saturated carbocycles. The predicted molar refractivity (Wildman–Crippen MR) is 104 cm³/mol. The van der Waals surface area contributed by atoms with Crippen LogP contribution >= 0.6 is 23.2 Å². The number of H-pyrrole nitrogens is 1. The Labute approximate surface area is 167 Å². The Kier molecular flexibility index (Phi) is 6.92. The summed E-state index contributed by atoms with van der Waals surface area (Å²) < 4.78 is 5.09. The van der Waals surface area contributed by atoms with Gasteiger partial charge in [-0.25, -0.2) is 4.79 Å².